The Morgan fingerprint density at radius 2 is 1.88 bits per heavy atom. The van der Waals surface area contributed by atoms with E-state index in [4.69, 9.17) is 0 Å². The largest absolute Gasteiger partial charge is 0.352 e. The van der Waals surface area contributed by atoms with Crippen molar-refractivity contribution in [1.82, 2.24) is 15.6 Å². The van der Waals surface area contributed by atoms with Gasteiger partial charge in [0.2, 0.25) is 5.91 Å². The molecule has 0 bridgehead atoms. The third kappa shape index (κ3) is 6.50. The summed E-state index contributed by atoms with van der Waals surface area (Å²) in [5.41, 5.74) is 1.59. The zero-order valence-corrected chi connectivity index (χ0v) is 14.7. The predicted octanol–water partition coefficient (Wildman–Crippen LogP) is 3.06. The number of nitrogens with one attached hydrogen (secondary N) is 2. The van der Waals surface area contributed by atoms with Gasteiger partial charge in [0.05, 0.1) is 17.2 Å². The summed E-state index contributed by atoms with van der Waals surface area (Å²) >= 11 is 1.59. The van der Waals surface area contributed by atoms with Gasteiger partial charge in [0.1, 0.15) is 0 Å². The summed E-state index contributed by atoms with van der Waals surface area (Å²) in [6, 6.07) is 9.17. The quantitative estimate of drug-likeness (QED) is 0.686. The van der Waals surface area contributed by atoms with Crippen LogP contribution in [-0.2, 0) is 11.3 Å². The molecule has 0 spiro atoms. The summed E-state index contributed by atoms with van der Waals surface area (Å²) < 4.78 is 0. The number of rotatable bonds is 9. The molecule has 1 heterocycles. The van der Waals surface area contributed by atoms with Crippen LogP contribution in [0, 0.1) is 6.92 Å². The summed E-state index contributed by atoms with van der Waals surface area (Å²) in [7, 11) is 0. The van der Waals surface area contributed by atoms with Crippen molar-refractivity contribution in [2.45, 2.75) is 39.2 Å². The number of hydrogen-bond acceptors (Lipinski definition) is 4. The maximum atomic E-state index is 11.8. The Balaban J connectivity index is 1.50. The number of benzene rings is 1. The minimum absolute atomic E-state index is 0.0492. The van der Waals surface area contributed by atoms with Crippen molar-refractivity contribution in [3.8, 4) is 0 Å². The van der Waals surface area contributed by atoms with Crippen LogP contribution >= 0.6 is 11.3 Å². The molecule has 5 nitrogen and oxygen atoms in total. The van der Waals surface area contributed by atoms with Crippen molar-refractivity contribution < 1.29 is 9.59 Å². The first-order chi connectivity index (χ1) is 11.6. The molecular formula is C18H23N3O2S. The van der Waals surface area contributed by atoms with Crippen molar-refractivity contribution in [2.24, 2.45) is 0 Å². The first kappa shape index (κ1) is 18.1. The van der Waals surface area contributed by atoms with E-state index in [1.807, 2.05) is 30.5 Å². The molecule has 0 fully saturated rings. The lowest BCUT2D eigenvalue weighted by Crippen LogP contribution is -2.24. The lowest BCUT2D eigenvalue weighted by atomic mass is 10.1. The zero-order valence-electron chi connectivity index (χ0n) is 13.9. The van der Waals surface area contributed by atoms with Crippen LogP contribution in [0.3, 0.4) is 0 Å². The maximum Gasteiger partial charge on any atom is 0.251 e. The number of unbranched alkanes of at least 4 members (excludes halogenated alkanes) is 2. The van der Waals surface area contributed by atoms with Gasteiger partial charge in [-0.3, -0.25) is 9.59 Å². The summed E-state index contributed by atoms with van der Waals surface area (Å²) in [4.78, 5) is 27.9. The van der Waals surface area contributed by atoms with Gasteiger partial charge < -0.3 is 10.6 Å². The second kappa shape index (κ2) is 9.82. The number of thiazole rings is 1. The van der Waals surface area contributed by atoms with Crippen LogP contribution < -0.4 is 10.6 Å². The molecule has 1 aromatic heterocycles. The second-order valence-electron chi connectivity index (χ2n) is 5.57. The second-order valence-corrected chi connectivity index (χ2v) is 6.63. The number of aryl methyl sites for hydroxylation is 1. The number of amides is 2. The minimum Gasteiger partial charge on any atom is -0.352 e. The molecule has 2 amide bonds. The van der Waals surface area contributed by atoms with Crippen molar-refractivity contribution in [3.05, 3.63) is 52.0 Å². The fraction of sp³-hybridized carbons (Fsp3) is 0.389. The van der Waals surface area contributed by atoms with E-state index < -0.39 is 0 Å². The van der Waals surface area contributed by atoms with E-state index in [1.165, 1.54) is 0 Å². The SMILES string of the molecule is Cc1nc(CNC(=O)CCCCCNC(=O)c2ccccc2)cs1. The lowest BCUT2D eigenvalue weighted by molar-refractivity contribution is -0.121. The van der Waals surface area contributed by atoms with Crippen LogP contribution in [0.4, 0.5) is 0 Å². The van der Waals surface area contributed by atoms with Crippen LogP contribution in [0.1, 0.15) is 46.7 Å². The minimum atomic E-state index is -0.0492. The molecule has 24 heavy (non-hydrogen) atoms. The molecule has 0 aliphatic carbocycles. The van der Waals surface area contributed by atoms with Gasteiger partial charge in [-0.1, -0.05) is 24.6 Å². The highest BCUT2D eigenvalue weighted by atomic mass is 32.1. The van der Waals surface area contributed by atoms with Crippen LogP contribution in [0.5, 0.6) is 0 Å². The summed E-state index contributed by atoms with van der Waals surface area (Å²) in [5.74, 6) is 0.000809. The average Bonchev–Trinajstić information content (AvgIpc) is 3.02. The molecule has 2 aromatic rings. The zero-order chi connectivity index (χ0) is 17.2. The van der Waals surface area contributed by atoms with Crippen molar-refractivity contribution >= 4 is 23.2 Å². The lowest BCUT2D eigenvalue weighted by Gasteiger charge is -2.06. The molecule has 0 atom stereocenters. The Hall–Kier alpha value is -2.21. The first-order valence-electron chi connectivity index (χ1n) is 8.16. The topological polar surface area (TPSA) is 71.1 Å². The first-order valence-corrected chi connectivity index (χ1v) is 9.04. The van der Waals surface area contributed by atoms with E-state index in [9.17, 15) is 9.59 Å². The fourth-order valence-corrected chi connectivity index (χ4v) is 2.86. The number of hydrogen-bond donors (Lipinski definition) is 2. The Morgan fingerprint density at radius 3 is 2.58 bits per heavy atom. The standard InChI is InChI=1S/C18H23N3O2S/c1-14-21-16(13-24-14)12-20-17(22)10-6-3-7-11-19-18(23)15-8-4-2-5-9-15/h2,4-5,8-9,13H,3,6-7,10-12H2,1H3,(H,19,23)(H,20,22). The van der Waals surface area contributed by atoms with Crippen molar-refractivity contribution in [2.75, 3.05) is 6.54 Å². The molecule has 2 rings (SSSR count). The van der Waals surface area contributed by atoms with Gasteiger partial charge in [0.25, 0.3) is 5.91 Å². The molecule has 0 unspecified atom stereocenters. The number of nitrogens with zero attached hydrogens (tertiary/aromatic N) is 1. The van der Waals surface area contributed by atoms with Crippen molar-refractivity contribution in [3.63, 3.8) is 0 Å². The maximum absolute atomic E-state index is 11.8. The summed E-state index contributed by atoms with van der Waals surface area (Å²) in [5, 5.41) is 8.74. The van der Waals surface area contributed by atoms with Crippen LogP contribution in [0.25, 0.3) is 0 Å². The molecule has 0 saturated carbocycles. The van der Waals surface area contributed by atoms with E-state index in [0.717, 1.165) is 30.0 Å². The molecule has 0 aliphatic heterocycles. The van der Waals surface area contributed by atoms with Gasteiger partial charge in [-0.05, 0) is 31.9 Å². The van der Waals surface area contributed by atoms with E-state index in [1.54, 1.807) is 23.5 Å². The van der Waals surface area contributed by atoms with Gasteiger partial charge in [-0.25, -0.2) is 4.98 Å². The summed E-state index contributed by atoms with van der Waals surface area (Å²) in [6.45, 7) is 3.08. The molecular weight excluding hydrogens is 322 g/mol. The highest BCUT2D eigenvalue weighted by Crippen LogP contribution is 2.07. The molecule has 0 saturated heterocycles. The molecule has 0 aliphatic rings. The third-order valence-electron chi connectivity index (χ3n) is 3.54. The summed E-state index contributed by atoms with van der Waals surface area (Å²) in [6.07, 6.45) is 3.12. The smallest absolute Gasteiger partial charge is 0.251 e. The third-order valence-corrected chi connectivity index (χ3v) is 4.36. The van der Waals surface area contributed by atoms with Crippen molar-refractivity contribution in [1.29, 1.82) is 0 Å². The van der Waals surface area contributed by atoms with Gasteiger partial charge >= 0.3 is 0 Å². The fourth-order valence-electron chi connectivity index (χ4n) is 2.25. The van der Waals surface area contributed by atoms with Gasteiger partial charge in [0.15, 0.2) is 0 Å². The van der Waals surface area contributed by atoms with E-state index in [-0.39, 0.29) is 11.8 Å². The number of aromatic nitrogens is 1. The van der Waals surface area contributed by atoms with Gasteiger partial charge in [0, 0.05) is 23.9 Å². The average molecular weight is 345 g/mol. The van der Waals surface area contributed by atoms with E-state index >= 15 is 0 Å². The molecule has 6 heteroatoms. The number of carbonyl (C=O) groups is 2. The van der Waals surface area contributed by atoms with E-state index in [2.05, 4.69) is 15.6 Å². The van der Waals surface area contributed by atoms with Crippen LogP contribution in [0.15, 0.2) is 35.7 Å². The number of carbonyl (C=O) groups excluding carboxylic acids is 2. The van der Waals surface area contributed by atoms with E-state index in [0.29, 0.717) is 25.1 Å². The van der Waals surface area contributed by atoms with Gasteiger partial charge in [-0.2, -0.15) is 0 Å². The Morgan fingerprint density at radius 1 is 1.08 bits per heavy atom. The van der Waals surface area contributed by atoms with Gasteiger partial charge in [-0.15, -0.1) is 11.3 Å². The molecule has 0 radical (unpaired) electrons. The highest BCUT2D eigenvalue weighted by molar-refractivity contribution is 7.09. The molecule has 1 aromatic carbocycles. The Bertz CT molecular complexity index is 655. The van der Waals surface area contributed by atoms with Crippen LogP contribution in [-0.4, -0.2) is 23.3 Å². The normalized spacial score (nSPS) is 10.4. The monoisotopic (exact) mass is 345 g/mol. The molecule has 2 N–H and O–H groups in total. The molecule has 128 valence electrons. The Labute approximate surface area is 146 Å². The highest BCUT2D eigenvalue weighted by Gasteiger charge is 2.05. The predicted molar refractivity (Wildman–Crippen MR) is 95.9 cm³/mol. The Kier molecular flexibility index (Phi) is 7.42. The van der Waals surface area contributed by atoms with Crippen LogP contribution in [0.2, 0.25) is 0 Å².